The summed E-state index contributed by atoms with van der Waals surface area (Å²) >= 11 is 0. The van der Waals surface area contributed by atoms with E-state index < -0.39 is 6.03 Å². The molecule has 0 unspecified atom stereocenters. The molecular formula is C13H25N5O3. The van der Waals surface area contributed by atoms with Crippen LogP contribution in [0.1, 0.15) is 0 Å². The minimum Gasteiger partial charge on any atom is -0.383 e. The summed E-state index contributed by atoms with van der Waals surface area (Å²) in [6.45, 7) is 7.14. The van der Waals surface area contributed by atoms with Crippen LogP contribution in [0.15, 0.2) is 0 Å². The van der Waals surface area contributed by atoms with Crippen molar-refractivity contribution in [1.82, 2.24) is 25.8 Å². The van der Waals surface area contributed by atoms with Crippen molar-refractivity contribution in [1.29, 1.82) is 0 Å². The maximum atomic E-state index is 11.7. The van der Waals surface area contributed by atoms with Gasteiger partial charge in [0.2, 0.25) is 5.91 Å². The predicted octanol–water partition coefficient (Wildman–Crippen LogP) is -1.95. The van der Waals surface area contributed by atoms with E-state index in [1.165, 1.54) is 0 Å². The molecule has 3 amide bonds. The first-order chi connectivity index (χ1) is 10.2. The fourth-order valence-electron chi connectivity index (χ4n) is 2.63. The van der Waals surface area contributed by atoms with E-state index in [9.17, 15) is 9.59 Å². The Labute approximate surface area is 125 Å². The van der Waals surface area contributed by atoms with Crippen LogP contribution in [0.5, 0.6) is 0 Å². The number of rotatable bonds is 6. The maximum Gasteiger partial charge on any atom is 0.321 e. The molecule has 2 heterocycles. The van der Waals surface area contributed by atoms with Crippen LogP contribution in [0.3, 0.4) is 0 Å². The van der Waals surface area contributed by atoms with Crippen LogP contribution in [0, 0.1) is 0 Å². The first-order valence-corrected chi connectivity index (χ1v) is 7.43. The van der Waals surface area contributed by atoms with Gasteiger partial charge in [0, 0.05) is 59.0 Å². The summed E-state index contributed by atoms with van der Waals surface area (Å²) < 4.78 is 4.81. The summed E-state index contributed by atoms with van der Waals surface area (Å²) in [6, 6.07) is 0.0895. The Kier molecular flexibility index (Phi) is 6.37. The number of amides is 3. The molecule has 2 aliphatic heterocycles. The number of methoxy groups -OCH3 is 1. The number of urea groups is 1. The van der Waals surface area contributed by atoms with E-state index in [0.29, 0.717) is 19.2 Å². The third-order valence-electron chi connectivity index (χ3n) is 3.82. The number of ether oxygens (including phenoxy) is 1. The molecule has 2 saturated heterocycles. The van der Waals surface area contributed by atoms with E-state index in [-0.39, 0.29) is 12.5 Å². The number of piperazine rings is 1. The Hall–Kier alpha value is -1.22. The summed E-state index contributed by atoms with van der Waals surface area (Å²) in [4.78, 5) is 27.6. The summed E-state index contributed by atoms with van der Waals surface area (Å²) in [5.41, 5.74) is 0. The zero-order chi connectivity index (χ0) is 15.1. The highest BCUT2D eigenvalue weighted by atomic mass is 16.5. The number of nitrogens with zero attached hydrogens (tertiary/aromatic N) is 2. The standard InChI is InChI=1S/C13H25N5O3/c1-21-7-4-15-13(20)16-12(19)10-17-8-11(9-17)18-5-2-14-3-6-18/h11,14H,2-10H2,1H3,(H2,15,16,19,20). The minimum absolute atomic E-state index is 0.260. The van der Waals surface area contributed by atoms with Crippen LogP contribution in [0.4, 0.5) is 4.79 Å². The van der Waals surface area contributed by atoms with E-state index in [1.54, 1.807) is 7.11 Å². The third-order valence-corrected chi connectivity index (χ3v) is 3.82. The average Bonchev–Trinajstić information content (AvgIpc) is 2.43. The van der Waals surface area contributed by atoms with E-state index in [0.717, 1.165) is 39.3 Å². The maximum absolute atomic E-state index is 11.7. The van der Waals surface area contributed by atoms with Gasteiger partial charge in [-0.05, 0) is 0 Å². The molecule has 8 heteroatoms. The number of imide groups is 1. The van der Waals surface area contributed by atoms with Gasteiger partial charge < -0.3 is 15.4 Å². The van der Waals surface area contributed by atoms with Crippen LogP contribution in [0.25, 0.3) is 0 Å². The normalized spacial score (nSPS) is 20.8. The van der Waals surface area contributed by atoms with Crippen LogP contribution >= 0.6 is 0 Å². The number of carbonyl (C=O) groups excluding carboxylic acids is 2. The monoisotopic (exact) mass is 299 g/mol. The molecule has 3 N–H and O–H groups in total. The van der Waals surface area contributed by atoms with Crippen molar-refractivity contribution in [3.8, 4) is 0 Å². The Morgan fingerprint density at radius 2 is 2.00 bits per heavy atom. The molecule has 0 bridgehead atoms. The van der Waals surface area contributed by atoms with Crippen molar-refractivity contribution in [2.75, 3.05) is 66.1 Å². The zero-order valence-corrected chi connectivity index (χ0v) is 12.6. The molecule has 0 aromatic heterocycles. The topological polar surface area (TPSA) is 85.9 Å². The van der Waals surface area contributed by atoms with Crippen molar-refractivity contribution >= 4 is 11.9 Å². The van der Waals surface area contributed by atoms with Gasteiger partial charge in [-0.25, -0.2) is 4.79 Å². The van der Waals surface area contributed by atoms with Crippen LogP contribution < -0.4 is 16.0 Å². The van der Waals surface area contributed by atoms with Crippen molar-refractivity contribution in [2.24, 2.45) is 0 Å². The molecule has 0 saturated carbocycles. The average molecular weight is 299 g/mol. The summed E-state index contributed by atoms with van der Waals surface area (Å²) in [5.74, 6) is -0.260. The molecule has 0 aliphatic carbocycles. The van der Waals surface area contributed by atoms with Gasteiger partial charge in [0.15, 0.2) is 0 Å². The van der Waals surface area contributed by atoms with Crippen molar-refractivity contribution in [3.05, 3.63) is 0 Å². The minimum atomic E-state index is -0.462. The molecule has 0 radical (unpaired) electrons. The molecule has 8 nitrogen and oxygen atoms in total. The van der Waals surface area contributed by atoms with Gasteiger partial charge in [-0.2, -0.15) is 0 Å². The second-order valence-corrected chi connectivity index (χ2v) is 5.43. The lowest BCUT2D eigenvalue weighted by molar-refractivity contribution is -0.123. The zero-order valence-electron chi connectivity index (χ0n) is 12.6. The molecule has 2 rings (SSSR count). The van der Waals surface area contributed by atoms with Crippen molar-refractivity contribution in [3.63, 3.8) is 0 Å². The van der Waals surface area contributed by atoms with E-state index >= 15 is 0 Å². The number of carbonyl (C=O) groups is 2. The number of likely N-dealkylation sites (tertiary alicyclic amines) is 1. The quantitative estimate of drug-likeness (QED) is 0.494. The first-order valence-electron chi connectivity index (χ1n) is 7.43. The fourth-order valence-corrected chi connectivity index (χ4v) is 2.63. The highest BCUT2D eigenvalue weighted by molar-refractivity contribution is 5.95. The molecule has 0 spiro atoms. The summed E-state index contributed by atoms with van der Waals surface area (Å²) in [5, 5.41) is 8.21. The van der Waals surface area contributed by atoms with Crippen molar-refractivity contribution < 1.29 is 14.3 Å². The molecule has 2 aliphatic rings. The second kappa shape index (κ2) is 8.28. The third kappa shape index (κ3) is 5.24. The molecule has 0 atom stereocenters. The van der Waals surface area contributed by atoms with Gasteiger partial charge in [-0.15, -0.1) is 0 Å². The Morgan fingerprint density at radius 3 is 2.67 bits per heavy atom. The number of hydrogen-bond donors (Lipinski definition) is 3. The van der Waals surface area contributed by atoms with Gasteiger partial charge in [0.1, 0.15) is 0 Å². The fraction of sp³-hybridized carbons (Fsp3) is 0.846. The summed E-state index contributed by atoms with van der Waals surface area (Å²) in [7, 11) is 1.56. The van der Waals surface area contributed by atoms with E-state index in [1.807, 2.05) is 0 Å². The molecule has 0 aromatic rings. The lowest BCUT2D eigenvalue weighted by Crippen LogP contribution is -2.64. The van der Waals surface area contributed by atoms with E-state index in [4.69, 9.17) is 4.74 Å². The second-order valence-electron chi connectivity index (χ2n) is 5.43. The predicted molar refractivity (Wildman–Crippen MR) is 78.1 cm³/mol. The lowest BCUT2D eigenvalue weighted by Gasteiger charge is -2.46. The van der Waals surface area contributed by atoms with Gasteiger partial charge >= 0.3 is 6.03 Å². The molecule has 2 fully saturated rings. The lowest BCUT2D eigenvalue weighted by atomic mass is 10.1. The Bertz CT molecular complexity index is 354. The Morgan fingerprint density at radius 1 is 1.29 bits per heavy atom. The molecule has 120 valence electrons. The molecular weight excluding hydrogens is 274 g/mol. The van der Waals surface area contributed by atoms with Crippen molar-refractivity contribution in [2.45, 2.75) is 6.04 Å². The molecule has 21 heavy (non-hydrogen) atoms. The van der Waals surface area contributed by atoms with Crippen LogP contribution in [0.2, 0.25) is 0 Å². The number of hydrogen-bond acceptors (Lipinski definition) is 6. The van der Waals surface area contributed by atoms with Gasteiger partial charge in [0.25, 0.3) is 0 Å². The highest BCUT2D eigenvalue weighted by Crippen LogP contribution is 2.14. The van der Waals surface area contributed by atoms with Crippen LogP contribution in [-0.2, 0) is 9.53 Å². The largest absolute Gasteiger partial charge is 0.383 e. The highest BCUT2D eigenvalue weighted by Gasteiger charge is 2.33. The SMILES string of the molecule is COCCNC(=O)NC(=O)CN1CC(N2CCNCC2)C1. The molecule has 0 aromatic carbocycles. The van der Waals surface area contributed by atoms with Gasteiger partial charge in [0.05, 0.1) is 13.2 Å². The Balaban J connectivity index is 1.56. The van der Waals surface area contributed by atoms with E-state index in [2.05, 4.69) is 25.8 Å². The van der Waals surface area contributed by atoms with Gasteiger partial charge in [-0.1, -0.05) is 0 Å². The number of nitrogens with one attached hydrogen (secondary N) is 3. The summed E-state index contributed by atoms with van der Waals surface area (Å²) in [6.07, 6.45) is 0. The van der Waals surface area contributed by atoms with Gasteiger partial charge in [-0.3, -0.25) is 19.9 Å². The smallest absolute Gasteiger partial charge is 0.321 e. The van der Waals surface area contributed by atoms with Crippen LogP contribution in [-0.4, -0.2) is 93.9 Å². The first kappa shape index (κ1) is 16.2.